The summed E-state index contributed by atoms with van der Waals surface area (Å²) in [4.78, 5) is 12.8. The molecule has 1 heterocycles. The third-order valence-corrected chi connectivity index (χ3v) is 2.16. The Morgan fingerprint density at radius 2 is 2.00 bits per heavy atom. The zero-order valence-corrected chi connectivity index (χ0v) is 7.23. The highest BCUT2D eigenvalue weighted by molar-refractivity contribution is 6.67. The Bertz CT molecular complexity index is 173. The summed E-state index contributed by atoms with van der Waals surface area (Å²) >= 11 is 5.24. The van der Waals surface area contributed by atoms with Crippen LogP contribution in [0.15, 0.2) is 12.2 Å². The molecule has 1 aliphatic rings. The van der Waals surface area contributed by atoms with Crippen LogP contribution < -0.4 is 0 Å². The standard InChI is InChI=1S/C8H12ClNO/c1-7(8(9)11)6-10-4-2-3-5-10/h1-6H2. The van der Waals surface area contributed by atoms with Crippen molar-refractivity contribution in [3.8, 4) is 0 Å². The summed E-state index contributed by atoms with van der Waals surface area (Å²) in [6.45, 7) is 6.38. The second kappa shape index (κ2) is 3.88. The molecule has 0 spiro atoms. The monoisotopic (exact) mass is 173 g/mol. The number of likely N-dealkylation sites (tertiary alicyclic amines) is 1. The van der Waals surface area contributed by atoms with Crippen LogP contribution >= 0.6 is 11.6 Å². The van der Waals surface area contributed by atoms with E-state index in [0.717, 1.165) is 13.1 Å². The molecule has 1 aliphatic heterocycles. The van der Waals surface area contributed by atoms with E-state index in [1.54, 1.807) is 0 Å². The summed E-state index contributed by atoms with van der Waals surface area (Å²) in [7, 11) is 0. The molecule has 0 aromatic rings. The lowest BCUT2D eigenvalue weighted by atomic mass is 10.3. The van der Waals surface area contributed by atoms with E-state index >= 15 is 0 Å². The Balaban J connectivity index is 2.29. The second-order valence-electron chi connectivity index (χ2n) is 2.86. The van der Waals surface area contributed by atoms with Crippen molar-refractivity contribution in [1.82, 2.24) is 4.90 Å². The first-order valence-corrected chi connectivity index (χ1v) is 4.18. The van der Waals surface area contributed by atoms with Crippen LogP contribution in [0.25, 0.3) is 0 Å². The predicted octanol–water partition coefficient (Wildman–Crippen LogP) is 1.40. The molecule has 1 rings (SSSR count). The minimum Gasteiger partial charge on any atom is -0.299 e. The fraction of sp³-hybridized carbons (Fsp3) is 0.625. The average Bonchev–Trinajstić information content (AvgIpc) is 2.39. The van der Waals surface area contributed by atoms with E-state index in [0.29, 0.717) is 12.1 Å². The average molecular weight is 174 g/mol. The number of carbonyl (C=O) groups excluding carboxylic acids is 1. The lowest BCUT2D eigenvalue weighted by Gasteiger charge is -2.13. The molecule has 0 aliphatic carbocycles. The Morgan fingerprint density at radius 1 is 1.45 bits per heavy atom. The van der Waals surface area contributed by atoms with Crippen LogP contribution in [0.4, 0.5) is 0 Å². The minimum absolute atomic E-state index is 0.406. The van der Waals surface area contributed by atoms with Crippen molar-refractivity contribution in [2.24, 2.45) is 0 Å². The molecule has 3 heteroatoms. The van der Waals surface area contributed by atoms with Crippen LogP contribution in [-0.4, -0.2) is 29.8 Å². The van der Waals surface area contributed by atoms with Crippen molar-refractivity contribution in [2.45, 2.75) is 12.8 Å². The van der Waals surface area contributed by atoms with E-state index in [2.05, 4.69) is 11.5 Å². The molecule has 62 valence electrons. The fourth-order valence-corrected chi connectivity index (χ4v) is 1.33. The van der Waals surface area contributed by atoms with Gasteiger partial charge in [0.15, 0.2) is 0 Å². The van der Waals surface area contributed by atoms with E-state index in [-0.39, 0.29) is 0 Å². The van der Waals surface area contributed by atoms with Gasteiger partial charge in [0, 0.05) is 12.1 Å². The van der Waals surface area contributed by atoms with Crippen LogP contribution in [0.1, 0.15) is 12.8 Å². The molecule has 11 heavy (non-hydrogen) atoms. The lowest BCUT2D eigenvalue weighted by Crippen LogP contribution is -2.23. The summed E-state index contributed by atoms with van der Waals surface area (Å²) in [5.74, 6) is 0. The largest absolute Gasteiger partial charge is 0.299 e. The van der Waals surface area contributed by atoms with E-state index < -0.39 is 5.24 Å². The zero-order valence-electron chi connectivity index (χ0n) is 6.48. The van der Waals surface area contributed by atoms with Crippen molar-refractivity contribution in [2.75, 3.05) is 19.6 Å². The summed E-state index contributed by atoms with van der Waals surface area (Å²) in [5, 5.41) is -0.406. The van der Waals surface area contributed by atoms with Crippen molar-refractivity contribution in [1.29, 1.82) is 0 Å². The first-order chi connectivity index (χ1) is 5.20. The maximum absolute atomic E-state index is 10.6. The molecular formula is C8H12ClNO. The number of rotatable bonds is 3. The second-order valence-corrected chi connectivity index (χ2v) is 3.20. The number of halogens is 1. The molecule has 0 aromatic heterocycles. The zero-order chi connectivity index (χ0) is 8.27. The molecule has 0 amide bonds. The molecule has 1 saturated heterocycles. The van der Waals surface area contributed by atoms with Gasteiger partial charge >= 0.3 is 0 Å². The molecule has 0 atom stereocenters. The summed E-state index contributed by atoms with van der Waals surface area (Å²) in [5.41, 5.74) is 0.508. The molecule has 0 saturated carbocycles. The van der Waals surface area contributed by atoms with Crippen molar-refractivity contribution in [3.63, 3.8) is 0 Å². The van der Waals surface area contributed by atoms with E-state index in [1.165, 1.54) is 12.8 Å². The maximum atomic E-state index is 10.6. The smallest absolute Gasteiger partial charge is 0.249 e. The first-order valence-electron chi connectivity index (χ1n) is 3.80. The SMILES string of the molecule is C=C(CN1CCCC1)C(=O)Cl. The van der Waals surface area contributed by atoms with Crippen LogP contribution in [0, 0.1) is 0 Å². The van der Waals surface area contributed by atoms with Crippen LogP contribution in [0.5, 0.6) is 0 Å². The molecule has 0 N–H and O–H groups in total. The number of hydrogen-bond donors (Lipinski definition) is 0. The van der Waals surface area contributed by atoms with Gasteiger partial charge in [-0.05, 0) is 37.5 Å². The third kappa shape index (κ3) is 2.64. The van der Waals surface area contributed by atoms with Crippen LogP contribution in [0.3, 0.4) is 0 Å². The van der Waals surface area contributed by atoms with Gasteiger partial charge in [-0.3, -0.25) is 9.69 Å². The van der Waals surface area contributed by atoms with Crippen molar-refractivity contribution in [3.05, 3.63) is 12.2 Å². The maximum Gasteiger partial charge on any atom is 0.249 e. The van der Waals surface area contributed by atoms with E-state index in [1.807, 2.05) is 0 Å². The molecule has 0 radical (unpaired) electrons. The van der Waals surface area contributed by atoms with E-state index in [9.17, 15) is 4.79 Å². The predicted molar refractivity (Wildman–Crippen MR) is 45.7 cm³/mol. The summed E-state index contributed by atoms with van der Waals surface area (Å²) in [6.07, 6.45) is 2.45. The normalized spacial score (nSPS) is 18.6. The van der Waals surface area contributed by atoms with Gasteiger partial charge in [-0.15, -0.1) is 0 Å². The highest BCUT2D eigenvalue weighted by Gasteiger charge is 2.14. The van der Waals surface area contributed by atoms with Gasteiger partial charge in [0.2, 0.25) is 5.24 Å². The highest BCUT2D eigenvalue weighted by atomic mass is 35.5. The molecule has 1 fully saturated rings. The lowest BCUT2D eigenvalue weighted by molar-refractivity contribution is -0.108. The molecule has 0 aromatic carbocycles. The Hall–Kier alpha value is -0.340. The quantitative estimate of drug-likeness (QED) is 0.475. The number of hydrogen-bond acceptors (Lipinski definition) is 2. The molecule has 2 nitrogen and oxygen atoms in total. The van der Waals surface area contributed by atoms with Gasteiger partial charge in [0.25, 0.3) is 0 Å². The minimum atomic E-state index is -0.406. The summed E-state index contributed by atoms with van der Waals surface area (Å²) < 4.78 is 0. The van der Waals surface area contributed by atoms with Gasteiger partial charge in [-0.25, -0.2) is 0 Å². The van der Waals surface area contributed by atoms with Gasteiger partial charge < -0.3 is 0 Å². The highest BCUT2D eigenvalue weighted by Crippen LogP contribution is 2.10. The summed E-state index contributed by atoms with van der Waals surface area (Å²) in [6, 6.07) is 0. The Morgan fingerprint density at radius 3 is 2.45 bits per heavy atom. The number of carbonyl (C=O) groups is 1. The Kier molecular flexibility index (Phi) is 3.09. The molecular weight excluding hydrogens is 162 g/mol. The van der Waals surface area contributed by atoms with E-state index in [4.69, 9.17) is 11.6 Å². The van der Waals surface area contributed by atoms with Gasteiger partial charge in [-0.2, -0.15) is 0 Å². The van der Waals surface area contributed by atoms with Crippen LogP contribution in [0.2, 0.25) is 0 Å². The number of nitrogens with zero attached hydrogens (tertiary/aromatic N) is 1. The molecule has 0 unspecified atom stereocenters. The van der Waals surface area contributed by atoms with Gasteiger partial charge in [-0.1, -0.05) is 6.58 Å². The molecule has 0 bridgehead atoms. The Labute approximate surface area is 71.8 Å². The topological polar surface area (TPSA) is 20.3 Å². The first kappa shape index (κ1) is 8.75. The van der Waals surface area contributed by atoms with Crippen LogP contribution in [-0.2, 0) is 4.79 Å². The van der Waals surface area contributed by atoms with Crippen molar-refractivity contribution >= 4 is 16.8 Å². The van der Waals surface area contributed by atoms with Crippen molar-refractivity contribution < 1.29 is 4.79 Å². The van der Waals surface area contributed by atoms with Gasteiger partial charge in [0.1, 0.15) is 0 Å². The third-order valence-electron chi connectivity index (χ3n) is 1.89. The van der Waals surface area contributed by atoms with Gasteiger partial charge in [0.05, 0.1) is 0 Å². The fourth-order valence-electron chi connectivity index (χ4n) is 1.27.